The van der Waals surface area contributed by atoms with Crippen LogP contribution in [0.15, 0.2) is 0 Å². The number of aromatic nitrogens is 2. The van der Waals surface area contributed by atoms with E-state index in [1.165, 1.54) is 0 Å². The van der Waals surface area contributed by atoms with E-state index in [4.69, 9.17) is 10.6 Å². The van der Waals surface area contributed by atoms with Gasteiger partial charge in [0.25, 0.3) is 0 Å². The lowest BCUT2D eigenvalue weighted by Crippen LogP contribution is -2.17. The second-order valence-electron chi connectivity index (χ2n) is 3.87. The zero-order valence-corrected chi connectivity index (χ0v) is 9.16. The van der Waals surface area contributed by atoms with Crippen molar-refractivity contribution in [3.63, 3.8) is 0 Å². The van der Waals surface area contributed by atoms with Crippen molar-refractivity contribution in [2.75, 3.05) is 12.0 Å². The summed E-state index contributed by atoms with van der Waals surface area (Å²) in [7, 11) is 0. The third-order valence-corrected chi connectivity index (χ3v) is 2.63. The minimum Gasteiger partial charge on any atom is -0.378 e. The van der Waals surface area contributed by atoms with E-state index in [0.29, 0.717) is 17.9 Å². The molecule has 0 spiro atoms. The van der Waals surface area contributed by atoms with Gasteiger partial charge >= 0.3 is 0 Å². The number of nitrogen functional groups attached to an aromatic ring is 1. The van der Waals surface area contributed by atoms with Gasteiger partial charge in [-0.3, -0.25) is 0 Å². The van der Waals surface area contributed by atoms with E-state index in [1.54, 1.807) is 6.92 Å². The van der Waals surface area contributed by atoms with Gasteiger partial charge in [-0.05, 0) is 19.8 Å². The Balaban J connectivity index is 2.17. The third kappa shape index (κ3) is 2.28. The van der Waals surface area contributed by atoms with Crippen LogP contribution in [0.2, 0.25) is 0 Å². The Morgan fingerprint density at radius 1 is 1.56 bits per heavy atom. The topological polar surface area (TPSA) is 73.1 Å². The molecule has 1 aliphatic rings. The van der Waals surface area contributed by atoms with E-state index < -0.39 is 5.82 Å². The highest BCUT2D eigenvalue weighted by molar-refractivity contribution is 5.36. The lowest BCUT2D eigenvalue weighted by atomic mass is 10.2. The molecular formula is C10H15FN4O. The van der Waals surface area contributed by atoms with Crippen LogP contribution in [0.1, 0.15) is 24.4 Å². The van der Waals surface area contributed by atoms with Gasteiger partial charge in [-0.15, -0.1) is 0 Å². The molecule has 3 N–H and O–H groups in total. The number of nitrogens with zero attached hydrogens (tertiary/aromatic N) is 2. The molecule has 0 aliphatic carbocycles. The number of hydrogen-bond donors (Lipinski definition) is 2. The van der Waals surface area contributed by atoms with E-state index in [1.807, 2.05) is 0 Å². The van der Waals surface area contributed by atoms with Gasteiger partial charge in [0.2, 0.25) is 0 Å². The molecule has 1 aromatic rings. The number of aryl methyl sites for hydroxylation is 1. The predicted octanol–water partition coefficient (Wildman–Crippen LogP) is 0.931. The first kappa shape index (κ1) is 11.2. The van der Waals surface area contributed by atoms with Crippen molar-refractivity contribution in [1.29, 1.82) is 0 Å². The monoisotopic (exact) mass is 226 g/mol. The fourth-order valence-electron chi connectivity index (χ4n) is 1.81. The zero-order valence-electron chi connectivity index (χ0n) is 9.16. The van der Waals surface area contributed by atoms with Crippen molar-refractivity contribution >= 4 is 5.82 Å². The van der Waals surface area contributed by atoms with Crippen LogP contribution in [0.25, 0.3) is 0 Å². The number of ether oxygens (including phenoxy) is 1. The Morgan fingerprint density at radius 3 is 3.00 bits per heavy atom. The minimum atomic E-state index is -0.501. The van der Waals surface area contributed by atoms with Gasteiger partial charge in [0, 0.05) is 13.0 Å². The van der Waals surface area contributed by atoms with E-state index in [9.17, 15) is 4.39 Å². The molecule has 1 unspecified atom stereocenters. The summed E-state index contributed by atoms with van der Waals surface area (Å²) in [6.45, 7) is 2.38. The molecule has 6 heteroatoms. The smallest absolute Gasteiger partial charge is 0.187 e. The Morgan fingerprint density at radius 2 is 2.38 bits per heavy atom. The molecule has 1 saturated heterocycles. The molecule has 0 radical (unpaired) electrons. The normalized spacial score (nSPS) is 20.1. The van der Waals surface area contributed by atoms with Crippen molar-refractivity contribution in [2.45, 2.75) is 32.3 Å². The SMILES string of the molecule is Cc1nc(CC2CCCO2)nc(NN)c1F. The second-order valence-corrected chi connectivity index (χ2v) is 3.87. The molecule has 2 heterocycles. The fourth-order valence-corrected chi connectivity index (χ4v) is 1.81. The van der Waals surface area contributed by atoms with Gasteiger partial charge in [-0.1, -0.05) is 0 Å². The maximum absolute atomic E-state index is 13.4. The quantitative estimate of drug-likeness (QED) is 0.592. The van der Waals surface area contributed by atoms with Crippen LogP contribution in [0.4, 0.5) is 10.2 Å². The Bertz CT molecular complexity index is 379. The van der Waals surface area contributed by atoms with E-state index in [0.717, 1.165) is 19.4 Å². The van der Waals surface area contributed by atoms with Crippen molar-refractivity contribution in [2.24, 2.45) is 5.84 Å². The lowest BCUT2D eigenvalue weighted by molar-refractivity contribution is 0.110. The highest BCUT2D eigenvalue weighted by atomic mass is 19.1. The number of nitrogens with two attached hydrogens (primary N) is 1. The number of anilines is 1. The van der Waals surface area contributed by atoms with Crippen LogP contribution in [-0.2, 0) is 11.2 Å². The summed E-state index contributed by atoms with van der Waals surface area (Å²) in [5, 5.41) is 0. The lowest BCUT2D eigenvalue weighted by Gasteiger charge is -2.10. The first-order chi connectivity index (χ1) is 7.70. The molecule has 0 bridgehead atoms. The average Bonchev–Trinajstić information content (AvgIpc) is 2.76. The van der Waals surface area contributed by atoms with Crippen molar-refractivity contribution in [3.05, 3.63) is 17.3 Å². The number of halogens is 1. The largest absolute Gasteiger partial charge is 0.378 e. The molecule has 0 saturated carbocycles. The van der Waals surface area contributed by atoms with E-state index in [-0.39, 0.29) is 11.9 Å². The fraction of sp³-hybridized carbons (Fsp3) is 0.600. The maximum atomic E-state index is 13.4. The molecule has 5 nitrogen and oxygen atoms in total. The molecule has 88 valence electrons. The van der Waals surface area contributed by atoms with Crippen molar-refractivity contribution < 1.29 is 9.13 Å². The molecular weight excluding hydrogens is 211 g/mol. The summed E-state index contributed by atoms with van der Waals surface area (Å²) in [5.41, 5.74) is 2.54. The van der Waals surface area contributed by atoms with Crippen LogP contribution in [-0.4, -0.2) is 22.7 Å². The summed E-state index contributed by atoms with van der Waals surface area (Å²) in [4.78, 5) is 8.10. The highest BCUT2D eigenvalue weighted by Crippen LogP contribution is 2.18. The summed E-state index contributed by atoms with van der Waals surface area (Å²) in [6, 6.07) is 0. The number of hydrogen-bond acceptors (Lipinski definition) is 5. The molecule has 0 aromatic carbocycles. The molecule has 0 amide bonds. The maximum Gasteiger partial charge on any atom is 0.187 e. The van der Waals surface area contributed by atoms with Gasteiger partial charge in [0.1, 0.15) is 5.82 Å². The van der Waals surface area contributed by atoms with E-state index >= 15 is 0 Å². The standard InChI is InChI=1S/C10H15FN4O/c1-6-9(11)10(15-12)14-8(13-6)5-7-3-2-4-16-7/h7H,2-5,12H2,1H3,(H,13,14,15). The molecule has 1 aromatic heterocycles. The second kappa shape index (κ2) is 4.71. The first-order valence-electron chi connectivity index (χ1n) is 5.32. The van der Waals surface area contributed by atoms with Gasteiger partial charge in [0.15, 0.2) is 11.6 Å². The van der Waals surface area contributed by atoms with Gasteiger partial charge in [-0.2, -0.15) is 0 Å². The number of rotatable bonds is 3. The van der Waals surface area contributed by atoms with Crippen molar-refractivity contribution in [3.8, 4) is 0 Å². The van der Waals surface area contributed by atoms with Crippen molar-refractivity contribution in [1.82, 2.24) is 9.97 Å². The van der Waals surface area contributed by atoms with E-state index in [2.05, 4.69) is 15.4 Å². The summed E-state index contributed by atoms with van der Waals surface area (Å²) >= 11 is 0. The molecule has 1 atom stereocenters. The Hall–Kier alpha value is -1.27. The minimum absolute atomic E-state index is 0.0421. The highest BCUT2D eigenvalue weighted by Gasteiger charge is 2.19. The zero-order chi connectivity index (χ0) is 11.5. The van der Waals surface area contributed by atoms with Gasteiger partial charge in [-0.25, -0.2) is 20.2 Å². The van der Waals surface area contributed by atoms with Crippen LogP contribution < -0.4 is 11.3 Å². The number of hydrazine groups is 1. The van der Waals surface area contributed by atoms with Gasteiger partial charge in [0.05, 0.1) is 11.8 Å². The van der Waals surface area contributed by atoms with Crippen LogP contribution in [0, 0.1) is 12.7 Å². The number of nitrogens with one attached hydrogen (secondary N) is 1. The summed E-state index contributed by atoms with van der Waals surface area (Å²) in [5.74, 6) is 5.29. The molecule has 16 heavy (non-hydrogen) atoms. The summed E-state index contributed by atoms with van der Waals surface area (Å²) in [6.07, 6.45) is 2.82. The van der Waals surface area contributed by atoms with Crippen LogP contribution >= 0.6 is 0 Å². The molecule has 1 aliphatic heterocycles. The third-order valence-electron chi connectivity index (χ3n) is 2.63. The first-order valence-corrected chi connectivity index (χ1v) is 5.32. The average molecular weight is 226 g/mol. The van der Waals surface area contributed by atoms with Crippen LogP contribution in [0.5, 0.6) is 0 Å². The molecule has 1 fully saturated rings. The predicted molar refractivity (Wildman–Crippen MR) is 57.2 cm³/mol. The Labute approximate surface area is 93.2 Å². The Kier molecular flexibility index (Phi) is 3.31. The summed E-state index contributed by atoms with van der Waals surface area (Å²) < 4.78 is 18.9. The van der Waals surface area contributed by atoms with Crippen LogP contribution in [0.3, 0.4) is 0 Å². The molecule has 2 rings (SSSR count). The van der Waals surface area contributed by atoms with Gasteiger partial charge < -0.3 is 10.2 Å².